The molecule has 1 N–H and O–H groups in total. The number of benzene rings is 2. The van der Waals surface area contributed by atoms with Crippen molar-refractivity contribution >= 4 is 28.4 Å². The van der Waals surface area contributed by atoms with Crippen LogP contribution in [0.3, 0.4) is 0 Å². The Morgan fingerprint density at radius 3 is 2.74 bits per heavy atom. The van der Waals surface area contributed by atoms with Gasteiger partial charge in [0.05, 0.1) is 12.5 Å². The Balaban J connectivity index is 1.72. The number of carbonyl (C=O) groups is 1. The molecule has 0 saturated carbocycles. The Hall–Kier alpha value is -3.62. The van der Waals surface area contributed by atoms with Crippen LogP contribution in [0.5, 0.6) is 0 Å². The number of carbonyl (C=O) groups excluding carboxylic acids is 1. The lowest BCUT2D eigenvalue weighted by atomic mass is 9.87. The largest absolute Gasteiger partial charge is 0.361 e. The fourth-order valence-corrected chi connectivity index (χ4v) is 4.73. The van der Waals surface area contributed by atoms with Crippen molar-refractivity contribution in [2.45, 2.75) is 38.6 Å². The standard InChI is InChI=1S/C28H27ClN4O/c1-2-21-9-5-11-23-25(18-32-28(21)23)24(22-10-3-4-12-26(22)29)16-27(34)33(15-7-13-30)19-20-8-6-14-31-17-20/h3-6,8-12,14,17-18,24,32H,2,7,15-16,19H2,1H3. The third kappa shape index (κ3) is 5.13. The van der Waals surface area contributed by atoms with Gasteiger partial charge in [0.15, 0.2) is 0 Å². The van der Waals surface area contributed by atoms with E-state index in [-0.39, 0.29) is 24.7 Å². The van der Waals surface area contributed by atoms with Gasteiger partial charge in [0.2, 0.25) is 5.91 Å². The minimum atomic E-state index is -0.222. The SMILES string of the molecule is CCc1cccc2c(C(CC(=O)N(CCC#N)Cc3cccnc3)c3ccccc3Cl)c[nH]c12. The molecule has 2 heterocycles. The van der Waals surface area contributed by atoms with Crippen molar-refractivity contribution in [3.05, 3.63) is 100 Å². The number of aromatic nitrogens is 2. The minimum Gasteiger partial charge on any atom is -0.361 e. The van der Waals surface area contributed by atoms with Crippen LogP contribution in [0.1, 0.15) is 47.9 Å². The summed E-state index contributed by atoms with van der Waals surface area (Å²) in [6.07, 6.45) is 6.91. The molecule has 0 saturated heterocycles. The van der Waals surface area contributed by atoms with Crippen molar-refractivity contribution in [2.75, 3.05) is 6.54 Å². The molecule has 1 atom stereocenters. The van der Waals surface area contributed by atoms with Crippen LogP contribution in [-0.2, 0) is 17.8 Å². The first-order valence-electron chi connectivity index (χ1n) is 11.5. The van der Waals surface area contributed by atoms with Crippen molar-refractivity contribution < 1.29 is 4.79 Å². The van der Waals surface area contributed by atoms with Crippen molar-refractivity contribution in [1.82, 2.24) is 14.9 Å². The number of amides is 1. The number of hydrogen-bond acceptors (Lipinski definition) is 3. The molecule has 5 nitrogen and oxygen atoms in total. The molecule has 0 aliphatic carbocycles. The minimum absolute atomic E-state index is 0.0231. The first-order chi connectivity index (χ1) is 16.6. The zero-order chi connectivity index (χ0) is 23.9. The summed E-state index contributed by atoms with van der Waals surface area (Å²) in [6, 6.07) is 19.9. The Morgan fingerprint density at radius 1 is 1.15 bits per heavy atom. The van der Waals surface area contributed by atoms with Crippen molar-refractivity contribution in [3.63, 3.8) is 0 Å². The van der Waals surface area contributed by atoms with Gasteiger partial charge in [-0.3, -0.25) is 9.78 Å². The number of pyridine rings is 1. The van der Waals surface area contributed by atoms with E-state index >= 15 is 0 Å². The number of nitrogens with one attached hydrogen (secondary N) is 1. The van der Waals surface area contributed by atoms with Crippen LogP contribution in [0.25, 0.3) is 10.9 Å². The summed E-state index contributed by atoms with van der Waals surface area (Å²) in [4.78, 5) is 23.0. The molecule has 4 rings (SSSR count). The summed E-state index contributed by atoms with van der Waals surface area (Å²) >= 11 is 6.64. The number of nitriles is 1. The highest BCUT2D eigenvalue weighted by Gasteiger charge is 2.26. The molecule has 4 aromatic rings. The molecule has 0 aliphatic rings. The zero-order valence-electron chi connectivity index (χ0n) is 19.2. The molecule has 2 aromatic carbocycles. The summed E-state index contributed by atoms with van der Waals surface area (Å²) in [5, 5.41) is 10.9. The third-order valence-corrected chi connectivity index (χ3v) is 6.54. The summed E-state index contributed by atoms with van der Waals surface area (Å²) in [5.74, 6) is -0.245. The molecule has 0 fully saturated rings. The molecule has 0 radical (unpaired) electrons. The van der Waals surface area contributed by atoms with Crippen LogP contribution < -0.4 is 0 Å². The van der Waals surface area contributed by atoms with Gasteiger partial charge in [-0.05, 0) is 40.8 Å². The Morgan fingerprint density at radius 2 is 2.00 bits per heavy atom. The maximum Gasteiger partial charge on any atom is 0.223 e. The van der Waals surface area contributed by atoms with Gasteiger partial charge < -0.3 is 9.88 Å². The maximum absolute atomic E-state index is 13.6. The van der Waals surface area contributed by atoms with Gasteiger partial charge in [0.25, 0.3) is 0 Å². The predicted octanol–water partition coefficient (Wildman–Crippen LogP) is 6.24. The summed E-state index contributed by atoms with van der Waals surface area (Å²) in [6.45, 7) is 2.92. The van der Waals surface area contributed by atoms with Crippen LogP contribution >= 0.6 is 11.6 Å². The van der Waals surface area contributed by atoms with Crippen molar-refractivity contribution in [2.24, 2.45) is 0 Å². The van der Waals surface area contributed by atoms with Gasteiger partial charge in [-0.25, -0.2) is 0 Å². The van der Waals surface area contributed by atoms with E-state index in [1.165, 1.54) is 5.56 Å². The molecule has 0 aliphatic heterocycles. The van der Waals surface area contributed by atoms with E-state index in [4.69, 9.17) is 16.9 Å². The van der Waals surface area contributed by atoms with Gasteiger partial charge in [0, 0.05) is 59.9 Å². The monoisotopic (exact) mass is 470 g/mol. The number of fused-ring (bicyclic) bond motifs is 1. The zero-order valence-corrected chi connectivity index (χ0v) is 19.9. The van der Waals surface area contributed by atoms with E-state index in [0.717, 1.165) is 34.0 Å². The molecule has 6 heteroatoms. The normalized spacial score (nSPS) is 11.8. The first-order valence-corrected chi connectivity index (χ1v) is 11.9. The smallest absolute Gasteiger partial charge is 0.223 e. The number of nitrogens with zero attached hydrogens (tertiary/aromatic N) is 3. The van der Waals surface area contributed by atoms with Crippen molar-refractivity contribution in [1.29, 1.82) is 5.26 Å². The molecular weight excluding hydrogens is 444 g/mol. The van der Waals surface area contributed by atoms with Crippen LogP contribution in [-0.4, -0.2) is 27.3 Å². The molecule has 0 bridgehead atoms. The van der Waals surface area contributed by atoms with Crippen LogP contribution in [0.4, 0.5) is 0 Å². The molecule has 34 heavy (non-hydrogen) atoms. The fourth-order valence-electron chi connectivity index (χ4n) is 4.46. The van der Waals surface area contributed by atoms with Gasteiger partial charge in [0.1, 0.15) is 0 Å². The average molecular weight is 471 g/mol. The Kier molecular flexibility index (Phi) is 7.61. The van der Waals surface area contributed by atoms with Gasteiger partial charge in [-0.2, -0.15) is 5.26 Å². The molecule has 2 aromatic heterocycles. The number of halogens is 1. The molecule has 1 unspecified atom stereocenters. The van der Waals surface area contributed by atoms with Crippen LogP contribution in [0.2, 0.25) is 5.02 Å². The number of H-pyrrole nitrogens is 1. The highest BCUT2D eigenvalue weighted by atomic mass is 35.5. The topological polar surface area (TPSA) is 72.8 Å². The summed E-state index contributed by atoms with van der Waals surface area (Å²) < 4.78 is 0. The predicted molar refractivity (Wildman–Crippen MR) is 135 cm³/mol. The van der Waals surface area contributed by atoms with E-state index in [9.17, 15) is 4.79 Å². The number of rotatable bonds is 9. The van der Waals surface area contributed by atoms with Gasteiger partial charge >= 0.3 is 0 Å². The fraction of sp³-hybridized carbons (Fsp3) is 0.250. The van der Waals surface area contributed by atoms with E-state index in [2.05, 4.69) is 41.2 Å². The lowest BCUT2D eigenvalue weighted by Gasteiger charge is -2.25. The highest BCUT2D eigenvalue weighted by molar-refractivity contribution is 6.31. The Labute approximate surface area is 205 Å². The van der Waals surface area contributed by atoms with E-state index in [0.29, 0.717) is 18.1 Å². The average Bonchev–Trinajstić information content (AvgIpc) is 3.30. The number of aromatic amines is 1. The second-order valence-corrected chi connectivity index (χ2v) is 8.71. The first kappa shape index (κ1) is 23.5. The van der Waals surface area contributed by atoms with E-state index in [1.54, 1.807) is 17.3 Å². The molecular formula is C28H27ClN4O. The second-order valence-electron chi connectivity index (χ2n) is 8.30. The van der Waals surface area contributed by atoms with E-state index < -0.39 is 0 Å². The van der Waals surface area contributed by atoms with Crippen LogP contribution in [0, 0.1) is 11.3 Å². The quantitative estimate of drug-likeness (QED) is 0.314. The lowest BCUT2D eigenvalue weighted by Crippen LogP contribution is -2.32. The third-order valence-electron chi connectivity index (χ3n) is 6.19. The molecule has 172 valence electrons. The second kappa shape index (κ2) is 11.0. The Bertz CT molecular complexity index is 1310. The van der Waals surface area contributed by atoms with Crippen molar-refractivity contribution in [3.8, 4) is 6.07 Å². The molecule has 1 amide bonds. The van der Waals surface area contributed by atoms with Gasteiger partial charge in [-0.15, -0.1) is 0 Å². The highest BCUT2D eigenvalue weighted by Crippen LogP contribution is 2.38. The summed E-state index contributed by atoms with van der Waals surface area (Å²) in [7, 11) is 0. The lowest BCUT2D eigenvalue weighted by molar-refractivity contribution is -0.132. The van der Waals surface area contributed by atoms with E-state index in [1.807, 2.05) is 42.6 Å². The maximum atomic E-state index is 13.6. The number of aryl methyl sites for hydroxylation is 1. The molecule has 0 spiro atoms. The summed E-state index contributed by atoms with van der Waals surface area (Å²) in [5.41, 5.74) is 5.24. The number of hydrogen-bond donors (Lipinski definition) is 1. The van der Waals surface area contributed by atoms with Crippen LogP contribution in [0.15, 0.2) is 73.2 Å². The van der Waals surface area contributed by atoms with Gasteiger partial charge in [-0.1, -0.05) is 61.0 Å². The number of para-hydroxylation sites is 1.